The second-order valence-electron chi connectivity index (χ2n) is 10.1. The maximum atomic E-state index is 13.6. The first kappa shape index (κ1) is 23.5. The average Bonchev–Trinajstić information content (AvgIpc) is 3.60. The molecule has 7 nitrogen and oxygen atoms in total. The predicted octanol–water partition coefficient (Wildman–Crippen LogP) is 4.74. The Morgan fingerprint density at radius 1 is 1.03 bits per heavy atom. The van der Waals surface area contributed by atoms with Gasteiger partial charge in [-0.15, -0.1) is 0 Å². The molecule has 1 unspecified atom stereocenters. The molecule has 184 valence electrons. The average molecular weight is 475 g/mol. The Labute approximate surface area is 206 Å². The molecule has 1 aromatic heterocycles. The van der Waals surface area contributed by atoms with Gasteiger partial charge in [0, 0.05) is 6.04 Å². The Kier molecular flexibility index (Phi) is 6.60. The Morgan fingerprint density at radius 2 is 1.77 bits per heavy atom. The lowest BCUT2D eigenvalue weighted by Gasteiger charge is -2.38. The Balaban J connectivity index is 1.32. The van der Waals surface area contributed by atoms with Crippen molar-refractivity contribution in [3.8, 4) is 11.4 Å². The van der Waals surface area contributed by atoms with Gasteiger partial charge in [0.2, 0.25) is 0 Å². The standard InChI is InChI=1S/C28H34N4O3/c1-20-14-15-24(35-23-11-7-10-22(18-23)28(2,34)21-8-3-4-9-21)19-31(20)27(33)25-12-5-6-13-26(25)32-29-16-17-30-32/h5-7,10-13,16-18,20-21,24,34H,3-4,8-9,14-15,19H2,1-2H3/t20-,24-,28?/m1/s1. The lowest BCUT2D eigenvalue weighted by Crippen LogP contribution is -2.49. The minimum Gasteiger partial charge on any atom is -0.489 e. The molecular formula is C28H34N4O3. The summed E-state index contributed by atoms with van der Waals surface area (Å²) in [6.45, 7) is 4.52. The molecule has 5 rings (SSSR count). The molecule has 35 heavy (non-hydrogen) atoms. The van der Waals surface area contributed by atoms with Crippen molar-refractivity contribution in [3.05, 3.63) is 72.1 Å². The van der Waals surface area contributed by atoms with Crippen LogP contribution < -0.4 is 4.74 Å². The van der Waals surface area contributed by atoms with Crippen LogP contribution in [0.2, 0.25) is 0 Å². The van der Waals surface area contributed by atoms with Gasteiger partial charge < -0.3 is 14.7 Å². The van der Waals surface area contributed by atoms with Gasteiger partial charge in [-0.1, -0.05) is 37.1 Å². The highest BCUT2D eigenvalue weighted by atomic mass is 16.5. The zero-order valence-corrected chi connectivity index (χ0v) is 20.5. The van der Waals surface area contributed by atoms with E-state index in [4.69, 9.17) is 4.74 Å². The van der Waals surface area contributed by atoms with Gasteiger partial charge >= 0.3 is 0 Å². The van der Waals surface area contributed by atoms with Gasteiger partial charge in [-0.25, -0.2) is 0 Å². The highest BCUT2D eigenvalue weighted by Gasteiger charge is 2.36. The number of carbonyl (C=O) groups is 1. The molecule has 3 atom stereocenters. The van der Waals surface area contributed by atoms with Crippen molar-refractivity contribution in [1.82, 2.24) is 19.9 Å². The Hall–Kier alpha value is -3.19. The van der Waals surface area contributed by atoms with E-state index in [9.17, 15) is 9.90 Å². The van der Waals surface area contributed by atoms with Crippen molar-refractivity contribution < 1.29 is 14.6 Å². The van der Waals surface area contributed by atoms with Crippen LogP contribution in [0.3, 0.4) is 0 Å². The summed E-state index contributed by atoms with van der Waals surface area (Å²) in [6, 6.07) is 15.4. The van der Waals surface area contributed by atoms with Gasteiger partial charge in [-0.3, -0.25) is 4.79 Å². The van der Waals surface area contributed by atoms with Crippen LogP contribution >= 0.6 is 0 Å². The topological polar surface area (TPSA) is 80.5 Å². The number of aromatic nitrogens is 3. The number of likely N-dealkylation sites (tertiary alicyclic amines) is 1. The molecule has 7 heteroatoms. The molecule has 0 spiro atoms. The number of para-hydroxylation sites is 1. The minimum absolute atomic E-state index is 0.0448. The molecule has 2 heterocycles. The molecule has 3 aromatic rings. The highest BCUT2D eigenvalue weighted by molar-refractivity contribution is 5.98. The van der Waals surface area contributed by atoms with Gasteiger partial charge in [0.1, 0.15) is 11.9 Å². The van der Waals surface area contributed by atoms with Crippen LogP contribution in [0.5, 0.6) is 5.75 Å². The molecule has 1 amide bonds. The Morgan fingerprint density at radius 3 is 2.54 bits per heavy atom. The lowest BCUT2D eigenvalue weighted by molar-refractivity contribution is -0.00378. The SMILES string of the molecule is C[C@@H]1CC[C@@H](Oc2cccc(C(C)(O)C3CCCC3)c2)CN1C(=O)c1ccccc1-n1nccn1. The van der Waals surface area contributed by atoms with Gasteiger partial charge in [0.05, 0.1) is 35.8 Å². The Bertz CT molecular complexity index is 1150. The number of amides is 1. The molecule has 1 saturated carbocycles. The van der Waals surface area contributed by atoms with Crippen LogP contribution in [0.4, 0.5) is 0 Å². The molecule has 0 radical (unpaired) electrons. The number of ether oxygens (including phenoxy) is 1. The second-order valence-corrected chi connectivity index (χ2v) is 10.1. The van der Waals surface area contributed by atoms with Gasteiger partial charge in [0.15, 0.2) is 0 Å². The van der Waals surface area contributed by atoms with Crippen LogP contribution in [0.25, 0.3) is 5.69 Å². The fourth-order valence-corrected chi connectivity index (χ4v) is 5.58. The molecule has 2 fully saturated rings. The van der Waals surface area contributed by atoms with Crippen molar-refractivity contribution in [2.24, 2.45) is 5.92 Å². The van der Waals surface area contributed by atoms with E-state index >= 15 is 0 Å². The summed E-state index contributed by atoms with van der Waals surface area (Å²) in [5, 5.41) is 19.7. The minimum atomic E-state index is -0.858. The van der Waals surface area contributed by atoms with Gasteiger partial charge in [-0.2, -0.15) is 15.0 Å². The van der Waals surface area contributed by atoms with E-state index in [1.54, 1.807) is 12.4 Å². The second kappa shape index (κ2) is 9.82. The van der Waals surface area contributed by atoms with E-state index in [0.717, 1.165) is 37.0 Å². The van der Waals surface area contributed by atoms with Crippen LogP contribution in [0.15, 0.2) is 60.9 Å². The molecule has 1 N–H and O–H groups in total. The maximum absolute atomic E-state index is 13.6. The smallest absolute Gasteiger partial charge is 0.256 e. The summed E-state index contributed by atoms with van der Waals surface area (Å²) < 4.78 is 6.39. The van der Waals surface area contributed by atoms with Crippen molar-refractivity contribution in [2.75, 3.05) is 6.54 Å². The number of carbonyl (C=O) groups excluding carboxylic acids is 1. The first-order valence-corrected chi connectivity index (χ1v) is 12.7. The summed E-state index contributed by atoms with van der Waals surface area (Å²) in [5.74, 6) is 0.983. The molecule has 1 aliphatic carbocycles. The summed E-state index contributed by atoms with van der Waals surface area (Å²) in [6.07, 6.45) is 9.31. The monoisotopic (exact) mass is 474 g/mol. The highest BCUT2D eigenvalue weighted by Crippen LogP contribution is 2.41. The van der Waals surface area contributed by atoms with Gasteiger partial charge in [-0.05, 0) is 75.3 Å². The number of nitrogens with zero attached hydrogens (tertiary/aromatic N) is 4. The molecule has 2 aliphatic rings. The van der Waals surface area contributed by atoms with Crippen LogP contribution in [0.1, 0.15) is 68.3 Å². The van der Waals surface area contributed by atoms with E-state index in [1.807, 2.05) is 60.4 Å². The van der Waals surface area contributed by atoms with Crippen molar-refractivity contribution in [1.29, 1.82) is 0 Å². The number of hydrogen-bond acceptors (Lipinski definition) is 5. The zero-order valence-electron chi connectivity index (χ0n) is 20.5. The summed E-state index contributed by atoms with van der Waals surface area (Å²) >= 11 is 0. The van der Waals surface area contributed by atoms with E-state index in [0.29, 0.717) is 17.8 Å². The third-order valence-corrected chi connectivity index (χ3v) is 7.74. The summed E-state index contributed by atoms with van der Waals surface area (Å²) in [5.41, 5.74) is 1.29. The first-order chi connectivity index (χ1) is 16.9. The zero-order chi connectivity index (χ0) is 24.4. The predicted molar refractivity (Wildman–Crippen MR) is 133 cm³/mol. The van der Waals surface area contributed by atoms with Crippen LogP contribution in [0, 0.1) is 5.92 Å². The molecule has 1 aliphatic heterocycles. The molecular weight excluding hydrogens is 440 g/mol. The number of aliphatic hydroxyl groups is 1. The molecule has 0 bridgehead atoms. The molecule has 1 saturated heterocycles. The van der Waals surface area contributed by atoms with E-state index in [1.165, 1.54) is 17.6 Å². The van der Waals surface area contributed by atoms with Crippen molar-refractivity contribution in [2.45, 2.75) is 70.1 Å². The van der Waals surface area contributed by atoms with E-state index < -0.39 is 5.60 Å². The number of rotatable bonds is 6. The van der Waals surface area contributed by atoms with Crippen LogP contribution in [-0.4, -0.2) is 49.6 Å². The van der Waals surface area contributed by atoms with E-state index in [-0.39, 0.29) is 24.0 Å². The van der Waals surface area contributed by atoms with Crippen molar-refractivity contribution in [3.63, 3.8) is 0 Å². The molecule has 2 aromatic carbocycles. The fraction of sp³-hybridized carbons (Fsp3) is 0.464. The van der Waals surface area contributed by atoms with Crippen molar-refractivity contribution >= 4 is 5.91 Å². The maximum Gasteiger partial charge on any atom is 0.256 e. The summed E-state index contributed by atoms with van der Waals surface area (Å²) in [7, 11) is 0. The number of hydrogen-bond donors (Lipinski definition) is 1. The third kappa shape index (κ3) is 4.82. The fourth-order valence-electron chi connectivity index (χ4n) is 5.58. The van der Waals surface area contributed by atoms with Crippen LogP contribution in [-0.2, 0) is 5.60 Å². The van der Waals surface area contributed by atoms with E-state index in [2.05, 4.69) is 17.1 Å². The quantitative estimate of drug-likeness (QED) is 0.558. The number of piperidine rings is 1. The first-order valence-electron chi connectivity index (χ1n) is 12.7. The normalized spacial score (nSPS) is 22.7. The largest absolute Gasteiger partial charge is 0.489 e. The third-order valence-electron chi connectivity index (χ3n) is 7.74. The van der Waals surface area contributed by atoms with Gasteiger partial charge in [0.25, 0.3) is 5.91 Å². The number of benzene rings is 2. The summed E-state index contributed by atoms with van der Waals surface area (Å²) in [4.78, 5) is 17.0. The lowest BCUT2D eigenvalue weighted by atomic mass is 9.82.